The van der Waals surface area contributed by atoms with Crippen LogP contribution in [0.2, 0.25) is 0 Å². The molecule has 19 heavy (non-hydrogen) atoms. The van der Waals surface area contributed by atoms with E-state index in [1.54, 1.807) is 12.1 Å². The predicted molar refractivity (Wildman–Crippen MR) is 75.1 cm³/mol. The standard InChI is InChI=1S/C15H23NO3/c1-2-9-15(16,10-3-4-14(18)19)11-12-5-7-13(17)8-6-12/h5-8,17H,2-4,9-11,16H2,1H3,(H,18,19). The quantitative estimate of drug-likeness (QED) is 0.674. The zero-order valence-corrected chi connectivity index (χ0v) is 11.4. The smallest absolute Gasteiger partial charge is 0.303 e. The van der Waals surface area contributed by atoms with Crippen molar-refractivity contribution in [3.63, 3.8) is 0 Å². The minimum absolute atomic E-state index is 0.165. The van der Waals surface area contributed by atoms with Gasteiger partial charge in [0, 0.05) is 12.0 Å². The first-order valence-corrected chi connectivity index (χ1v) is 6.74. The van der Waals surface area contributed by atoms with Gasteiger partial charge in [-0.05, 0) is 43.4 Å². The molecule has 0 aliphatic rings. The molecule has 0 aromatic heterocycles. The predicted octanol–water partition coefficient (Wildman–Crippen LogP) is 2.69. The molecule has 1 rings (SSSR count). The SMILES string of the molecule is CCCC(N)(CCCC(=O)O)Cc1ccc(O)cc1. The maximum atomic E-state index is 10.6. The number of carbonyl (C=O) groups is 1. The summed E-state index contributed by atoms with van der Waals surface area (Å²) in [6.07, 6.45) is 4.02. The molecular weight excluding hydrogens is 242 g/mol. The number of carboxylic acid groups (broad SMARTS) is 1. The van der Waals surface area contributed by atoms with Crippen molar-refractivity contribution in [1.29, 1.82) is 0 Å². The van der Waals surface area contributed by atoms with Crippen molar-refractivity contribution >= 4 is 5.97 Å². The van der Waals surface area contributed by atoms with E-state index in [1.807, 2.05) is 12.1 Å². The average Bonchev–Trinajstić information content (AvgIpc) is 2.32. The number of carboxylic acids is 1. The Bertz CT molecular complexity index is 402. The van der Waals surface area contributed by atoms with Crippen LogP contribution < -0.4 is 5.73 Å². The molecule has 0 spiro atoms. The fourth-order valence-electron chi connectivity index (χ4n) is 2.41. The highest BCUT2D eigenvalue weighted by molar-refractivity contribution is 5.66. The lowest BCUT2D eigenvalue weighted by molar-refractivity contribution is -0.137. The lowest BCUT2D eigenvalue weighted by atomic mass is 9.83. The minimum atomic E-state index is -0.775. The van der Waals surface area contributed by atoms with E-state index in [1.165, 1.54) is 0 Å². The molecule has 0 amide bonds. The minimum Gasteiger partial charge on any atom is -0.508 e. The van der Waals surface area contributed by atoms with Gasteiger partial charge in [-0.2, -0.15) is 0 Å². The van der Waals surface area contributed by atoms with Crippen LogP contribution in [-0.4, -0.2) is 21.7 Å². The molecular formula is C15H23NO3. The second-order valence-electron chi connectivity index (χ2n) is 5.20. The fourth-order valence-corrected chi connectivity index (χ4v) is 2.41. The second-order valence-corrected chi connectivity index (χ2v) is 5.20. The van der Waals surface area contributed by atoms with Gasteiger partial charge in [0.05, 0.1) is 0 Å². The number of hydrogen-bond acceptors (Lipinski definition) is 3. The largest absolute Gasteiger partial charge is 0.508 e. The van der Waals surface area contributed by atoms with E-state index < -0.39 is 5.97 Å². The first-order chi connectivity index (χ1) is 8.95. The first kappa shape index (κ1) is 15.5. The van der Waals surface area contributed by atoms with Crippen molar-refractivity contribution in [3.8, 4) is 5.75 Å². The van der Waals surface area contributed by atoms with Gasteiger partial charge >= 0.3 is 5.97 Å². The number of rotatable bonds is 8. The van der Waals surface area contributed by atoms with Gasteiger partial charge < -0.3 is 15.9 Å². The van der Waals surface area contributed by atoms with Crippen molar-refractivity contribution in [3.05, 3.63) is 29.8 Å². The summed E-state index contributed by atoms with van der Waals surface area (Å²) in [7, 11) is 0. The van der Waals surface area contributed by atoms with Gasteiger partial charge in [-0.3, -0.25) is 4.79 Å². The molecule has 0 aliphatic heterocycles. The van der Waals surface area contributed by atoms with E-state index in [9.17, 15) is 9.90 Å². The Morgan fingerprint density at radius 3 is 2.42 bits per heavy atom. The van der Waals surface area contributed by atoms with Crippen LogP contribution in [-0.2, 0) is 11.2 Å². The summed E-state index contributed by atoms with van der Waals surface area (Å²) in [4.78, 5) is 10.6. The Balaban J connectivity index is 2.63. The summed E-state index contributed by atoms with van der Waals surface area (Å²) in [5.41, 5.74) is 7.12. The number of phenols is 1. The summed E-state index contributed by atoms with van der Waals surface area (Å²) in [6.45, 7) is 2.08. The Morgan fingerprint density at radius 2 is 1.89 bits per heavy atom. The highest BCUT2D eigenvalue weighted by Crippen LogP contribution is 2.24. The second kappa shape index (κ2) is 7.14. The first-order valence-electron chi connectivity index (χ1n) is 6.74. The highest BCUT2D eigenvalue weighted by atomic mass is 16.4. The van der Waals surface area contributed by atoms with Gasteiger partial charge in [-0.1, -0.05) is 25.5 Å². The molecule has 106 valence electrons. The number of aliphatic carboxylic acids is 1. The van der Waals surface area contributed by atoms with Crippen molar-refractivity contribution in [1.82, 2.24) is 0 Å². The van der Waals surface area contributed by atoms with E-state index in [-0.39, 0.29) is 17.7 Å². The molecule has 4 nitrogen and oxygen atoms in total. The summed E-state index contributed by atoms with van der Waals surface area (Å²) in [5.74, 6) is -0.531. The fraction of sp³-hybridized carbons (Fsp3) is 0.533. The molecule has 1 atom stereocenters. The Labute approximate surface area is 114 Å². The van der Waals surface area contributed by atoms with Crippen molar-refractivity contribution < 1.29 is 15.0 Å². The van der Waals surface area contributed by atoms with Gasteiger partial charge in [-0.15, -0.1) is 0 Å². The highest BCUT2D eigenvalue weighted by Gasteiger charge is 2.24. The zero-order valence-electron chi connectivity index (χ0n) is 11.4. The number of aromatic hydroxyl groups is 1. The van der Waals surface area contributed by atoms with Crippen LogP contribution in [0.25, 0.3) is 0 Å². The Hall–Kier alpha value is -1.55. The van der Waals surface area contributed by atoms with Crippen molar-refractivity contribution in [2.45, 2.75) is 51.0 Å². The van der Waals surface area contributed by atoms with Gasteiger partial charge in [0.15, 0.2) is 0 Å². The third-order valence-corrected chi connectivity index (χ3v) is 3.31. The maximum Gasteiger partial charge on any atom is 0.303 e. The Morgan fingerprint density at radius 1 is 1.26 bits per heavy atom. The Kier molecular flexibility index (Phi) is 5.83. The van der Waals surface area contributed by atoms with E-state index in [0.717, 1.165) is 18.4 Å². The van der Waals surface area contributed by atoms with Gasteiger partial charge in [0.25, 0.3) is 0 Å². The normalized spacial score (nSPS) is 14.0. The lowest BCUT2D eigenvalue weighted by Gasteiger charge is -2.29. The van der Waals surface area contributed by atoms with Gasteiger partial charge in [0.2, 0.25) is 0 Å². The van der Waals surface area contributed by atoms with E-state index in [4.69, 9.17) is 10.8 Å². The summed E-state index contributed by atoms with van der Waals surface area (Å²) >= 11 is 0. The molecule has 1 aromatic carbocycles. The van der Waals surface area contributed by atoms with Crippen LogP contribution in [0.15, 0.2) is 24.3 Å². The summed E-state index contributed by atoms with van der Waals surface area (Å²) < 4.78 is 0. The maximum absolute atomic E-state index is 10.6. The van der Waals surface area contributed by atoms with Crippen LogP contribution in [0.3, 0.4) is 0 Å². The van der Waals surface area contributed by atoms with Crippen molar-refractivity contribution in [2.75, 3.05) is 0 Å². The lowest BCUT2D eigenvalue weighted by Crippen LogP contribution is -2.42. The number of benzene rings is 1. The molecule has 4 heteroatoms. The molecule has 0 heterocycles. The van der Waals surface area contributed by atoms with Crippen LogP contribution in [0.5, 0.6) is 5.75 Å². The van der Waals surface area contributed by atoms with E-state index >= 15 is 0 Å². The van der Waals surface area contributed by atoms with Crippen LogP contribution in [0.4, 0.5) is 0 Å². The summed E-state index contributed by atoms with van der Waals surface area (Å²) in [5, 5.41) is 18.0. The average molecular weight is 265 g/mol. The van der Waals surface area contributed by atoms with Crippen LogP contribution >= 0.6 is 0 Å². The molecule has 0 saturated heterocycles. The molecule has 1 unspecified atom stereocenters. The summed E-state index contributed by atoms with van der Waals surface area (Å²) in [6, 6.07) is 7.03. The molecule has 0 saturated carbocycles. The number of phenolic OH excluding ortho intramolecular Hbond substituents is 1. The van der Waals surface area contributed by atoms with Crippen LogP contribution in [0, 0.1) is 0 Å². The van der Waals surface area contributed by atoms with Crippen molar-refractivity contribution in [2.24, 2.45) is 5.73 Å². The van der Waals surface area contributed by atoms with E-state index in [2.05, 4.69) is 6.92 Å². The third-order valence-electron chi connectivity index (χ3n) is 3.31. The zero-order chi connectivity index (χ0) is 14.3. The monoisotopic (exact) mass is 265 g/mol. The third kappa shape index (κ3) is 5.75. The molecule has 0 fully saturated rings. The number of nitrogens with two attached hydrogens (primary N) is 1. The molecule has 0 bridgehead atoms. The molecule has 0 aliphatic carbocycles. The van der Waals surface area contributed by atoms with E-state index in [0.29, 0.717) is 19.3 Å². The van der Waals surface area contributed by atoms with Gasteiger partial charge in [-0.25, -0.2) is 0 Å². The molecule has 0 radical (unpaired) electrons. The molecule has 1 aromatic rings. The topological polar surface area (TPSA) is 83.6 Å². The molecule has 4 N–H and O–H groups in total. The number of hydrogen-bond donors (Lipinski definition) is 3. The van der Waals surface area contributed by atoms with Crippen LogP contribution in [0.1, 0.15) is 44.6 Å². The van der Waals surface area contributed by atoms with Gasteiger partial charge in [0.1, 0.15) is 5.75 Å².